The average Bonchev–Trinajstić information content (AvgIpc) is 2.93. The molecule has 1 aromatic carbocycles. The predicted molar refractivity (Wildman–Crippen MR) is 75.6 cm³/mol. The third-order valence-electron chi connectivity index (χ3n) is 3.12. The second kappa shape index (κ2) is 7.04. The summed E-state index contributed by atoms with van der Waals surface area (Å²) in [5.41, 5.74) is 0.970. The van der Waals surface area contributed by atoms with Crippen LogP contribution in [0.2, 0.25) is 0 Å². The summed E-state index contributed by atoms with van der Waals surface area (Å²) >= 11 is 0. The normalized spacial score (nSPS) is 11.1. The first-order chi connectivity index (χ1) is 9.33. The molecule has 0 spiro atoms. The van der Waals surface area contributed by atoms with E-state index < -0.39 is 0 Å². The van der Waals surface area contributed by atoms with Gasteiger partial charge in [-0.05, 0) is 31.6 Å². The Labute approximate surface area is 114 Å². The quantitative estimate of drug-likeness (QED) is 0.764. The third-order valence-corrected chi connectivity index (χ3v) is 3.12. The Morgan fingerprint density at radius 2 is 1.89 bits per heavy atom. The number of rotatable bonds is 7. The number of hydrogen-bond donors (Lipinski definition) is 0. The Kier molecular flexibility index (Phi) is 5.10. The molecule has 1 heterocycles. The summed E-state index contributed by atoms with van der Waals surface area (Å²) in [4.78, 5) is 2.33. The topological polar surface area (TPSA) is 42.2 Å². The Morgan fingerprint density at radius 3 is 2.58 bits per heavy atom. The van der Waals surface area contributed by atoms with Gasteiger partial charge in [0.25, 0.3) is 0 Å². The zero-order valence-corrected chi connectivity index (χ0v) is 11.7. The van der Waals surface area contributed by atoms with Crippen LogP contribution in [0.15, 0.2) is 34.7 Å². The molecule has 19 heavy (non-hydrogen) atoms. The molecule has 0 saturated carbocycles. The van der Waals surface area contributed by atoms with Gasteiger partial charge in [-0.15, -0.1) is 10.2 Å². The second-order valence-electron chi connectivity index (χ2n) is 4.59. The highest BCUT2D eigenvalue weighted by atomic mass is 16.4. The standard InChI is InChI=1S/C15H21N3O/c1-3-5-11-18(4-2)12-14-16-17-15(19-14)13-9-7-6-8-10-13/h6-10H,3-5,11-12H2,1-2H3. The van der Waals surface area contributed by atoms with Gasteiger partial charge in [0.1, 0.15) is 0 Å². The Morgan fingerprint density at radius 1 is 1.11 bits per heavy atom. The van der Waals surface area contributed by atoms with Crippen molar-refractivity contribution >= 4 is 0 Å². The van der Waals surface area contributed by atoms with E-state index in [2.05, 4.69) is 28.9 Å². The van der Waals surface area contributed by atoms with Gasteiger partial charge in [0.05, 0.1) is 6.54 Å². The number of benzene rings is 1. The average molecular weight is 259 g/mol. The van der Waals surface area contributed by atoms with Crippen molar-refractivity contribution in [3.63, 3.8) is 0 Å². The summed E-state index contributed by atoms with van der Waals surface area (Å²) in [7, 11) is 0. The van der Waals surface area contributed by atoms with E-state index in [1.807, 2.05) is 30.3 Å². The van der Waals surface area contributed by atoms with Gasteiger partial charge in [-0.3, -0.25) is 4.90 Å². The first-order valence-corrected chi connectivity index (χ1v) is 6.93. The van der Waals surface area contributed by atoms with Crippen LogP contribution in [0.3, 0.4) is 0 Å². The molecule has 0 atom stereocenters. The lowest BCUT2D eigenvalue weighted by Gasteiger charge is -2.17. The van der Waals surface area contributed by atoms with Crippen molar-refractivity contribution in [2.75, 3.05) is 13.1 Å². The zero-order valence-electron chi connectivity index (χ0n) is 11.7. The van der Waals surface area contributed by atoms with Gasteiger partial charge in [-0.1, -0.05) is 38.5 Å². The van der Waals surface area contributed by atoms with Gasteiger partial charge in [0.2, 0.25) is 11.8 Å². The summed E-state index contributed by atoms with van der Waals surface area (Å²) in [6.07, 6.45) is 2.41. The second-order valence-corrected chi connectivity index (χ2v) is 4.59. The van der Waals surface area contributed by atoms with Crippen LogP contribution >= 0.6 is 0 Å². The van der Waals surface area contributed by atoms with Gasteiger partial charge in [-0.2, -0.15) is 0 Å². The van der Waals surface area contributed by atoms with Gasteiger partial charge in [-0.25, -0.2) is 0 Å². The Balaban J connectivity index is 2.01. The molecule has 0 unspecified atom stereocenters. The molecular formula is C15H21N3O. The molecule has 0 amide bonds. The molecule has 102 valence electrons. The van der Waals surface area contributed by atoms with Gasteiger partial charge < -0.3 is 4.42 Å². The highest BCUT2D eigenvalue weighted by molar-refractivity contribution is 5.51. The zero-order chi connectivity index (χ0) is 13.5. The third kappa shape index (κ3) is 3.89. The molecule has 0 bridgehead atoms. The van der Waals surface area contributed by atoms with E-state index in [1.54, 1.807) is 0 Å². The van der Waals surface area contributed by atoms with Crippen LogP contribution in [0.1, 0.15) is 32.6 Å². The van der Waals surface area contributed by atoms with E-state index in [4.69, 9.17) is 4.42 Å². The monoisotopic (exact) mass is 259 g/mol. The van der Waals surface area contributed by atoms with E-state index in [9.17, 15) is 0 Å². The molecular weight excluding hydrogens is 238 g/mol. The van der Waals surface area contributed by atoms with Crippen LogP contribution < -0.4 is 0 Å². The van der Waals surface area contributed by atoms with Gasteiger partial charge >= 0.3 is 0 Å². The first-order valence-electron chi connectivity index (χ1n) is 6.93. The molecule has 2 aromatic rings. The largest absolute Gasteiger partial charge is 0.419 e. The fourth-order valence-corrected chi connectivity index (χ4v) is 1.94. The predicted octanol–water partition coefficient (Wildman–Crippen LogP) is 3.36. The molecule has 4 heteroatoms. The van der Waals surface area contributed by atoms with E-state index in [1.165, 1.54) is 12.8 Å². The summed E-state index contributed by atoms with van der Waals surface area (Å²) in [6, 6.07) is 9.87. The van der Waals surface area contributed by atoms with Gasteiger partial charge in [0.15, 0.2) is 0 Å². The maximum Gasteiger partial charge on any atom is 0.247 e. The SMILES string of the molecule is CCCCN(CC)Cc1nnc(-c2ccccc2)o1. The summed E-state index contributed by atoms with van der Waals surface area (Å²) in [5, 5.41) is 8.24. The molecule has 4 nitrogen and oxygen atoms in total. The van der Waals surface area contributed by atoms with Crippen molar-refractivity contribution in [2.24, 2.45) is 0 Å². The molecule has 0 aliphatic heterocycles. The van der Waals surface area contributed by atoms with Crippen LogP contribution in [-0.4, -0.2) is 28.2 Å². The van der Waals surface area contributed by atoms with Crippen molar-refractivity contribution in [2.45, 2.75) is 33.2 Å². The number of nitrogens with zero attached hydrogens (tertiary/aromatic N) is 3. The van der Waals surface area contributed by atoms with E-state index >= 15 is 0 Å². The van der Waals surface area contributed by atoms with Crippen molar-refractivity contribution in [1.82, 2.24) is 15.1 Å². The highest BCUT2D eigenvalue weighted by Gasteiger charge is 2.11. The van der Waals surface area contributed by atoms with E-state index in [-0.39, 0.29) is 0 Å². The fourth-order valence-electron chi connectivity index (χ4n) is 1.94. The summed E-state index contributed by atoms with van der Waals surface area (Å²) in [5.74, 6) is 1.29. The Bertz CT molecular complexity index is 481. The summed E-state index contributed by atoms with van der Waals surface area (Å²) < 4.78 is 5.72. The minimum absolute atomic E-state index is 0.599. The maximum atomic E-state index is 5.72. The van der Waals surface area contributed by atoms with Crippen molar-refractivity contribution in [1.29, 1.82) is 0 Å². The minimum atomic E-state index is 0.599. The summed E-state index contributed by atoms with van der Waals surface area (Å²) in [6.45, 7) is 7.17. The Hall–Kier alpha value is -1.68. The van der Waals surface area contributed by atoms with Crippen LogP contribution in [-0.2, 0) is 6.54 Å². The van der Waals surface area contributed by atoms with Gasteiger partial charge in [0, 0.05) is 5.56 Å². The van der Waals surface area contributed by atoms with Crippen molar-refractivity contribution in [3.05, 3.63) is 36.2 Å². The first kappa shape index (κ1) is 13.7. The smallest absolute Gasteiger partial charge is 0.247 e. The lowest BCUT2D eigenvalue weighted by molar-refractivity contribution is 0.248. The van der Waals surface area contributed by atoms with Crippen LogP contribution in [0.25, 0.3) is 11.5 Å². The lowest BCUT2D eigenvalue weighted by Crippen LogP contribution is -2.24. The van der Waals surface area contributed by atoms with Crippen molar-refractivity contribution < 1.29 is 4.42 Å². The van der Waals surface area contributed by atoms with Crippen molar-refractivity contribution in [3.8, 4) is 11.5 Å². The molecule has 1 aromatic heterocycles. The van der Waals surface area contributed by atoms with Crippen LogP contribution in [0.5, 0.6) is 0 Å². The molecule has 0 radical (unpaired) electrons. The number of hydrogen-bond acceptors (Lipinski definition) is 4. The molecule has 0 aliphatic rings. The molecule has 0 fully saturated rings. The molecule has 2 rings (SSSR count). The highest BCUT2D eigenvalue weighted by Crippen LogP contribution is 2.17. The number of unbranched alkanes of at least 4 members (excludes halogenated alkanes) is 1. The van der Waals surface area contributed by atoms with E-state index in [0.29, 0.717) is 11.8 Å². The minimum Gasteiger partial charge on any atom is -0.419 e. The molecule has 0 aliphatic carbocycles. The molecule has 0 N–H and O–H groups in total. The van der Waals surface area contributed by atoms with Crippen LogP contribution in [0.4, 0.5) is 0 Å². The van der Waals surface area contributed by atoms with E-state index in [0.717, 1.165) is 25.2 Å². The molecule has 0 saturated heterocycles. The lowest BCUT2D eigenvalue weighted by atomic mass is 10.2. The number of aromatic nitrogens is 2. The fraction of sp³-hybridized carbons (Fsp3) is 0.467. The van der Waals surface area contributed by atoms with Crippen LogP contribution in [0, 0.1) is 0 Å². The maximum absolute atomic E-state index is 5.72.